The number of nitrogens with one attached hydrogen (secondary N) is 1. The molecule has 122 valence electrons. The Bertz CT molecular complexity index is 572. The number of benzene rings is 1. The van der Waals surface area contributed by atoms with Crippen molar-refractivity contribution in [3.8, 4) is 0 Å². The van der Waals surface area contributed by atoms with E-state index in [4.69, 9.17) is 11.6 Å². The molecule has 1 aliphatic heterocycles. The summed E-state index contributed by atoms with van der Waals surface area (Å²) in [5, 5.41) is 2.16. The van der Waals surface area contributed by atoms with E-state index in [9.17, 15) is 18.0 Å². The van der Waals surface area contributed by atoms with Crippen molar-refractivity contribution in [2.45, 2.75) is 25.9 Å². The molecule has 0 saturated carbocycles. The van der Waals surface area contributed by atoms with E-state index in [-0.39, 0.29) is 9.50 Å². The third-order valence-corrected chi connectivity index (χ3v) is 4.42. The van der Waals surface area contributed by atoms with E-state index in [0.29, 0.717) is 19.0 Å². The highest BCUT2D eigenvalue weighted by Crippen LogP contribution is 2.40. The largest absolute Gasteiger partial charge is 0.418 e. The van der Waals surface area contributed by atoms with Gasteiger partial charge in [-0.05, 0) is 30.9 Å². The first-order valence-electron chi connectivity index (χ1n) is 6.80. The summed E-state index contributed by atoms with van der Waals surface area (Å²) in [6, 6.07) is 1.67. The topological polar surface area (TPSA) is 32.3 Å². The van der Waals surface area contributed by atoms with E-state index < -0.39 is 23.5 Å². The van der Waals surface area contributed by atoms with Gasteiger partial charge in [-0.2, -0.15) is 13.2 Å². The zero-order valence-electron chi connectivity index (χ0n) is 11.8. The molecule has 0 bridgehead atoms. The average molecular weight is 400 g/mol. The Labute approximate surface area is 139 Å². The van der Waals surface area contributed by atoms with Gasteiger partial charge in [0.25, 0.3) is 0 Å². The lowest BCUT2D eigenvalue weighted by Gasteiger charge is -2.30. The van der Waals surface area contributed by atoms with Gasteiger partial charge in [0, 0.05) is 17.6 Å². The number of halogens is 5. The molecule has 0 aliphatic carbocycles. The van der Waals surface area contributed by atoms with Gasteiger partial charge in [0.2, 0.25) is 0 Å². The van der Waals surface area contributed by atoms with Crippen LogP contribution in [-0.4, -0.2) is 24.0 Å². The fraction of sp³-hybridized carbons (Fsp3) is 0.500. The second-order valence-corrected chi connectivity index (χ2v) is 6.73. The minimum absolute atomic E-state index is 0.152. The first kappa shape index (κ1) is 17.4. The number of alkyl halides is 3. The second kappa shape index (κ2) is 6.66. The summed E-state index contributed by atoms with van der Waals surface area (Å²) in [4.78, 5) is 13.7. The van der Waals surface area contributed by atoms with Gasteiger partial charge in [0.15, 0.2) is 0 Å². The molecule has 1 aromatic rings. The molecular weight excluding hydrogens is 385 g/mol. The van der Waals surface area contributed by atoms with Crippen LogP contribution in [0.25, 0.3) is 0 Å². The molecule has 2 amide bonds. The summed E-state index contributed by atoms with van der Waals surface area (Å²) in [7, 11) is 0. The lowest BCUT2D eigenvalue weighted by atomic mass is 10.00. The lowest BCUT2D eigenvalue weighted by molar-refractivity contribution is -0.137. The smallest absolute Gasteiger partial charge is 0.325 e. The van der Waals surface area contributed by atoms with Gasteiger partial charge in [-0.3, -0.25) is 0 Å². The summed E-state index contributed by atoms with van der Waals surface area (Å²) in [5.74, 6) is 0.519. The maximum atomic E-state index is 13.1. The van der Waals surface area contributed by atoms with E-state index in [1.54, 1.807) is 0 Å². The van der Waals surface area contributed by atoms with Gasteiger partial charge in [0.1, 0.15) is 0 Å². The van der Waals surface area contributed by atoms with Gasteiger partial charge in [0.05, 0.1) is 16.3 Å². The molecule has 2 rings (SSSR count). The minimum atomic E-state index is -4.60. The Hall–Kier alpha value is -0.950. The van der Waals surface area contributed by atoms with Gasteiger partial charge in [-0.1, -0.05) is 34.5 Å². The van der Waals surface area contributed by atoms with E-state index in [1.165, 1.54) is 11.0 Å². The van der Waals surface area contributed by atoms with Gasteiger partial charge in [-0.25, -0.2) is 4.79 Å². The molecule has 1 aromatic carbocycles. The van der Waals surface area contributed by atoms with Crippen LogP contribution < -0.4 is 5.32 Å². The molecule has 0 spiro atoms. The maximum absolute atomic E-state index is 13.1. The Kier molecular flexibility index (Phi) is 5.27. The van der Waals surface area contributed by atoms with Crippen LogP contribution in [0.15, 0.2) is 16.6 Å². The SMILES string of the molecule is CC1CCN(C(=O)Nc2c(Cl)cc(Br)cc2C(F)(F)F)CC1. The Morgan fingerprint density at radius 1 is 1.36 bits per heavy atom. The lowest BCUT2D eigenvalue weighted by Crippen LogP contribution is -2.40. The number of hydrogen-bond donors (Lipinski definition) is 1. The highest BCUT2D eigenvalue weighted by atomic mass is 79.9. The molecule has 0 atom stereocenters. The van der Waals surface area contributed by atoms with Crippen molar-refractivity contribution in [1.82, 2.24) is 4.90 Å². The number of nitrogens with zero attached hydrogens (tertiary/aromatic N) is 1. The van der Waals surface area contributed by atoms with Crippen molar-refractivity contribution in [3.05, 3.63) is 27.2 Å². The molecule has 0 radical (unpaired) electrons. The first-order chi connectivity index (χ1) is 10.2. The van der Waals surface area contributed by atoms with Crippen LogP contribution in [0.3, 0.4) is 0 Å². The van der Waals surface area contributed by atoms with Crippen molar-refractivity contribution >= 4 is 39.2 Å². The van der Waals surface area contributed by atoms with Crippen molar-refractivity contribution in [2.75, 3.05) is 18.4 Å². The molecule has 8 heteroatoms. The predicted octanol–water partition coefficient (Wildman–Crippen LogP) is 5.39. The summed E-state index contributed by atoms with van der Waals surface area (Å²) in [6.45, 7) is 3.15. The van der Waals surface area contributed by atoms with Gasteiger partial charge in [-0.15, -0.1) is 0 Å². The summed E-state index contributed by atoms with van der Waals surface area (Å²) >= 11 is 8.87. The Morgan fingerprint density at radius 3 is 2.50 bits per heavy atom. The van der Waals surface area contributed by atoms with Crippen LogP contribution in [-0.2, 0) is 6.18 Å². The number of urea groups is 1. The zero-order valence-corrected chi connectivity index (χ0v) is 14.1. The van der Waals surface area contributed by atoms with Crippen LogP contribution in [0.4, 0.5) is 23.7 Å². The fourth-order valence-electron chi connectivity index (χ4n) is 2.32. The number of amides is 2. The molecule has 1 saturated heterocycles. The summed E-state index contributed by atoms with van der Waals surface area (Å²) in [5.41, 5.74) is -1.37. The molecule has 0 aromatic heterocycles. The third-order valence-electron chi connectivity index (χ3n) is 3.66. The Morgan fingerprint density at radius 2 is 1.95 bits per heavy atom. The molecule has 1 aliphatic rings. The van der Waals surface area contributed by atoms with Crippen LogP contribution in [0, 0.1) is 5.92 Å². The van der Waals surface area contributed by atoms with Gasteiger partial charge < -0.3 is 10.2 Å². The molecule has 1 heterocycles. The van der Waals surface area contributed by atoms with Crippen LogP contribution in [0.1, 0.15) is 25.3 Å². The van der Waals surface area contributed by atoms with Crippen molar-refractivity contribution in [3.63, 3.8) is 0 Å². The van der Waals surface area contributed by atoms with E-state index in [1.807, 2.05) is 0 Å². The van der Waals surface area contributed by atoms with E-state index in [2.05, 4.69) is 28.2 Å². The highest BCUT2D eigenvalue weighted by molar-refractivity contribution is 9.10. The van der Waals surface area contributed by atoms with Crippen molar-refractivity contribution in [2.24, 2.45) is 5.92 Å². The summed E-state index contributed by atoms with van der Waals surface area (Å²) in [6.07, 6.45) is -2.92. The van der Waals surface area contributed by atoms with Crippen LogP contribution in [0.5, 0.6) is 0 Å². The summed E-state index contributed by atoms with van der Waals surface area (Å²) < 4.78 is 39.5. The number of anilines is 1. The monoisotopic (exact) mass is 398 g/mol. The molecule has 3 nitrogen and oxygen atoms in total. The molecule has 0 unspecified atom stereocenters. The minimum Gasteiger partial charge on any atom is -0.325 e. The highest BCUT2D eigenvalue weighted by Gasteiger charge is 2.36. The maximum Gasteiger partial charge on any atom is 0.418 e. The number of carbonyl (C=O) groups is 1. The third kappa shape index (κ3) is 4.07. The molecule has 1 fully saturated rings. The second-order valence-electron chi connectivity index (χ2n) is 5.41. The quantitative estimate of drug-likeness (QED) is 0.675. The van der Waals surface area contributed by atoms with Crippen molar-refractivity contribution in [1.29, 1.82) is 0 Å². The molecular formula is C14H15BrClF3N2O. The fourth-order valence-corrected chi connectivity index (χ4v) is 3.18. The number of piperidine rings is 1. The van der Waals surface area contributed by atoms with E-state index >= 15 is 0 Å². The number of likely N-dealkylation sites (tertiary alicyclic amines) is 1. The standard InChI is InChI=1S/C14H15BrClF3N2O/c1-8-2-4-21(5-3-8)13(22)20-12-10(14(17,18)19)6-9(15)7-11(12)16/h6-8H,2-5H2,1H3,(H,20,22). The van der Waals surface area contributed by atoms with Crippen molar-refractivity contribution < 1.29 is 18.0 Å². The molecule has 1 N–H and O–H groups in total. The number of hydrogen-bond acceptors (Lipinski definition) is 1. The predicted molar refractivity (Wildman–Crippen MR) is 83.1 cm³/mol. The van der Waals surface area contributed by atoms with Crippen LogP contribution >= 0.6 is 27.5 Å². The number of rotatable bonds is 1. The normalized spacial score (nSPS) is 16.7. The van der Waals surface area contributed by atoms with Gasteiger partial charge >= 0.3 is 12.2 Å². The molecule has 22 heavy (non-hydrogen) atoms. The zero-order chi connectivity index (χ0) is 16.5. The van der Waals surface area contributed by atoms with Crippen LogP contribution in [0.2, 0.25) is 5.02 Å². The Balaban J connectivity index is 2.23. The average Bonchev–Trinajstić information content (AvgIpc) is 2.41. The number of carbonyl (C=O) groups excluding carboxylic acids is 1. The van der Waals surface area contributed by atoms with E-state index in [0.717, 1.165) is 18.9 Å². The first-order valence-corrected chi connectivity index (χ1v) is 7.97.